The summed E-state index contributed by atoms with van der Waals surface area (Å²) in [6.07, 6.45) is 3.76. The molecule has 0 bridgehead atoms. The van der Waals surface area contributed by atoms with Crippen LogP contribution in [0.4, 0.5) is 10.1 Å². The Morgan fingerprint density at radius 2 is 2.05 bits per heavy atom. The van der Waals surface area contributed by atoms with Crippen LogP contribution in [-0.2, 0) is 0 Å². The van der Waals surface area contributed by atoms with Crippen molar-refractivity contribution < 1.29 is 9.18 Å². The molecule has 1 aromatic carbocycles. The molecule has 1 aliphatic heterocycles. The van der Waals surface area contributed by atoms with Gasteiger partial charge in [0.2, 0.25) is 0 Å². The van der Waals surface area contributed by atoms with Crippen LogP contribution in [0, 0.1) is 12.7 Å². The third kappa shape index (κ3) is 3.70. The van der Waals surface area contributed by atoms with E-state index in [9.17, 15) is 9.18 Å². The minimum Gasteiger partial charge on any atom is -0.398 e. The van der Waals surface area contributed by atoms with Crippen molar-refractivity contribution in [3.8, 4) is 0 Å². The van der Waals surface area contributed by atoms with Gasteiger partial charge >= 0.3 is 0 Å². The molecule has 1 aliphatic rings. The molecule has 1 heterocycles. The molecule has 110 valence electrons. The molecule has 1 fully saturated rings. The van der Waals surface area contributed by atoms with Gasteiger partial charge in [0.25, 0.3) is 5.91 Å². The molecule has 1 amide bonds. The summed E-state index contributed by atoms with van der Waals surface area (Å²) in [5.74, 6) is -0.709. The monoisotopic (exact) mass is 279 g/mol. The van der Waals surface area contributed by atoms with E-state index in [0.29, 0.717) is 17.8 Å². The zero-order valence-corrected chi connectivity index (χ0v) is 11.9. The van der Waals surface area contributed by atoms with E-state index in [4.69, 9.17) is 5.73 Å². The number of amides is 1. The number of halogens is 1. The van der Waals surface area contributed by atoms with E-state index >= 15 is 0 Å². The molecule has 0 spiro atoms. The number of piperidine rings is 1. The topological polar surface area (TPSA) is 58.4 Å². The molecular formula is C15H22FN3O. The van der Waals surface area contributed by atoms with Crippen LogP contribution in [0.15, 0.2) is 12.1 Å². The third-order valence-corrected chi connectivity index (χ3v) is 3.81. The smallest absolute Gasteiger partial charge is 0.251 e. The van der Waals surface area contributed by atoms with E-state index in [1.807, 2.05) is 0 Å². The van der Waals surface area contributed by atoms with E-state index < -0.39 is 5.82 Å². The Hall–Kier alpha value is -1.62. The molecule has 0 aromatic heterocycles. The average molecular weight is 279 g/mol. The molecule has 0 atom stereocenters. The molecule has 1 saturated heterocycles. The molecule has 0 saturated carbocycles. The van der Waals surface area contributed by atoms with Gasteiger partial charge < -0.3 is 16.0 Å². The van der Waals surface area contributed by atoms with Gasteiger partial charge in [-0.1, -0.05) is 6.42 Å². The summed E-state index contributed by atoms with van der Waals surface area (Å²) in [5.41, 5.74) is 6.65. The average Bonchev–Trinajstić information content (AvgIpc) is 2.45. The van der Waals surface area contributed by atoms with E-state index in [2.05, 4.69) is 10.2 Å². The minimum absolute atomic E-state index is 0.271. The summed E-state index contributed by atoms with van der Waals surface area (Å²) < 4.78 is 13.5. The first kappa shape index (κ1) is 14.8. The second-order valence-corrected chi connectivity index (χ2v) is 5.33. The first-order valence-electron chi connectivity index (χ1n) is 7.14. The van der Waals surface area contributed by atoms with Gasteiger partial charge in [-0.25, -0.2) is 4.39 Å². The van der Waals surface area contributed by atoms with Crippen LogP contribution in [0.25, 0.3) is 0 Å². The molecule has 5 heteroatoms. The first-order chi connectivity index (χ1) is 9.58. The highest BCUT2D eigenvalue weighted by Gasteiger charge is 2.12. The lowest BCUT2D eigenvalue weighted by Crippen LogP contribution is -2.37. The number of likely N-dealkylation sites (tertiary alicyclic amines) is 1. The fourth-order valence-electron chi connectivity index (χ4n) is 2.44. The van der Waals surface area contributed by atoms with Gasteiger partial charge in [-0.3, -0.25) is 4.79 Å². The number of anilines is 1. The molecule has 0 unspecified atom stereocenters. The maximum Gasteiger partial charge on any atom is 0.251 e. The highest BCUT2D eigenvalue weighted by molar-refractivity contribution is 5.95. The number of hydrogen-bond donors (Lipinski definition) is 2. The van der Waals surface area contributed by atoms with Crippen molar-refractivity contribution in [2.45, 2.75) is 26.2 Å². The van der Waals surface area contributed by atoms with Gasteiger partial charge in [0.1, 0.15) is 5.82 Å². The Labute approximate surface area is 119 Å². The van der Waals surface area contributed by atoms with E-state index in [0.717, 1.165) is 19.6 Å². The maximum atomic E-state index is 13.5. The predicted octanol–water partition coefficient (Wildman–Crippen LogP) is 1.93. The Balaban J connectivity index is 1.85. The summed E-state index contributed by atoms with van der Waals surface area (Å²) in [6, 6.07) is 2.76. The normalized spacial score (nSPS) is 16.1. The number of nitrogens with one attached hydrogen (secondary N) is 1. The van der Waals surface area contributed by atoms with Crippen molar-refractivity contribution in [2.75, 3.05) is 31.9 Å². The van der Waals surface area contributed by atoms with Crippen LogP contribution in [0.2, 0.25) is 0 Å². The highest BCUT2D eigenvalue weighted by Crippen LogP contribution is 2.17. The lowest BCUT2D eigenvalue weighted by molar-refractivity contribution is 0.0946. The molecule has 3 N–H and O–H groups in total. The Morgan fingerprint density at radius 1 is 1.35 bits per heavy atom. The molecule has 4 nitrogen and oxygen atoms in total. The maximum absolute atomic E-state index is 13.5. The predicted molar refractivity (Wildman–Crippen MR) is 78.2 cm³/mol. The SMILES string of the molecule is Cc1c(N)cc(C(=O)NCCN2CCCCC2)cc1F. The molecule has 2 rings (SSSR count). The van der Waals surface area contributed by atoms with Crippen LogP contribution in [-0.4, -0.2) is 37.0 Å². The number of hydrogen-bond acceptors (Lipinski definition) is 3. The first-order valence-corrected chi connectivity index (χ1v) is 7.14. The lowest BCUT2D eigenvalue weighted by atomic mass is 10.1. The van der Waals surface area contributed by atoms with Crippen LogP contribution < -0.4 is 11.1 Å². The quantitative estimate of drug-likeness (QED) is 0.828. The third-order valence-electron chi connectivity index (χ3n) is 3.81. The van der Waals surface area contributed by atoms with Crippen molar-refractivity contribution in [3.63, 3.8) is 0 Å². The van der Waals surface area contributed by atoms with Crippen LogP contribution in [0.5, 0.6) is 0 Å². The van der Waals surface area contributed by atoms with Crippen molar-refractivity contribution in [3.05, 3.63) is 29.1 Å². The van der Waals surface area contributed by atoms with Crippen molar-refractivity contribution >= 4 is 11.6 Å². The van der Waals surface area contributed by atoms with Gasteiger partial charge in [0, 0.05) is 29.9 Å². The largest absolute Gasteiger partial charge is 0.398 e. The van der Waals surface area contributed by atoms with Gasteiger partial charge in [-0.15, -0.1) is 0 Å². The van der Waals surface area contributed by atoms with Crippen molar-refractivity contribution in [1.29, 1.82) is 0 Å². The Morgan fingerprint density at radius 3 is 2.70 bits per heavy atom. The second kappa shape index (κ2) is 6.70. The fourth-order valence-corrected chi connectivity index (χ4v) is 2.44. The Bertz CT molecular complexity index is 461. The molecule has 1 aromatic rings. The number of nitrogens with two attached hydrogens (primary N) is 1. The summed E-state index contributed by atoms with van der Waals surface area (Å²) >= 11 is 0. The van der Waals surface area contributed by atoms with Gasteiger partial charge in [0.15, 0.2) is 0 Å². The van der Waals surface area contributed by atoms with Crippen LogP contribution in [0.1, 0.15) is 35.2 Å². The van der Waals surface area contributed by atoms with E-state index in [-0.39, 0.29) is 11.5 Å². The summed E-state index contributed by atoms with van der Waals surface area (Å²) in [6.45, 7) is 5.22. The fraction of sp³-hybridized carbons (Fsp3) is 0.533. The standard InChI is InChI=1S/C15H22FN3O/c1-11-13(16)9-12(10-14(11)17)15(20)18-5-8-19-6-3-2-4-7-19/h9-10H,2-8,17H2,1H3,(H,18,20). The van der Waals surface area contributed by atoms with E-state index in [1.54, 1.807) is 6.92 Å². The Kier molecular flexibility index (Phi) is 4.95. The van der Waals surface area contributed by atoms with Crippen molar-refractivity contribution in [2.24, 2.45) is 0 Å². The zero-order chi connectivity index (χ0) is 14.5. The van der Waals surface area contributed by atoms with E-state index in [1.165, 1.54) is 31.4 Å². The van der Waals surface area contributed by atoms with Gasteiger partial charge in [-0.2, -0.15) is 0 Å². The van der Waals surface area contributed by atoms with Crippen LogP contribution in [0.3, 0.4) is 0 Å². The van der Waals surface area contributed by atoms with Crippen molar-refractivity contribution in [1.82, 2.24) is 10.2 Å². The number of rotatable bonds is 4. The summed E-state index contributed by atoms with van der Waals surface area (Å²) in [5, 5.41) is 2.82. The number of nitrogens with zero attached hydrogens (tertiary/aromatic N) is 1. The zero-order valence-electron chi connectivity index (χ0n) is 11.9. The van der Waals surface area contributed by atoms with Gasteiger partial charge in [-0.05, 0) is 45.0 Å². The summed E-state index contributed by atoms with van der Waals surface area (Å²) in [7, 11) is 0. The molecule has 0 radical (unpaired) electrons. The number of carbonyl (C=O) groups excluding carboxylic acids is 1. The van der Waals surface area contributed by atoms with Gasteiger partial charge in [0.05, 0.1) is 0 Å². The minimum atomic E-state index is -0.439. The second-order valence-electron chi connectivity index (χ2n) is 5.33. The molecule has 0 aliphatic carbocycles. The number of carbonyl (C=O) groups is 1. The highest BCUT2D eigenvalue weighted by atomic mass is 19.1. The number of nitrogen functional groups attached to an aromatic ring is 1. The summed E-state index contributed by atoms with van der Waals surface area (Å²) in [4.78, 5) is 14.3. The van der Waals surface area contributed by atoms with Crippen LogP contribution >= 0.6 is 0 Å². The molecular weight excluding hydrogens is 257 g/mol. The number of benzene rings is 1. The lowest BCUT2D eigenvalue weighted by Gasteiger charge is -2.26. The molecule has 20 heavy (non-hydrogen) atoms.